The predicted octanol–water partition coefficient (Wildman–Crippen LogP) is 2.43. The van der Waals surface area contributed by atoms with E-state index in [-0.39, 0.29) is 11.7 Å². The Bertz CT molecular complexity index is 539. The highest BCUT2D eigenvalue weighted by Crippen LogP contribution is 2.56. The number of allylic oxidation sites excluding steroid dienone is 2. The van der Waals surface area contributed by atoms with Gasteiger partial charge in [0.25, 0.3) is 0 Å². The van der Waals surface area contributed by atoms with E-state index in [1.54, 1.807) is 13.8 Å². The van der Waals surface area contributed by atoms with Gasteiger partial charge in [0, 0.05) is 17.4 Å². The molecule has 0 saturated heterocycles. The molecule has 0 bridgehead atoms. The van der Waals surface area contributed by atoms with Crippen LogP contribution in [0, 0.1) is 16.7 Å². The van der Waals surface area contributed by atoms with Gasteiger partial charge in [0.05, 0.1) is 14.2 Å². The van der Waals surface area contributed by atoms with Crippen molar-refractivity contribution in [3.05, 3.63) is 11.1 Å². The molecule has 1 atom stereocenters. The van der Waals surface area contributed by atoms with E-state index in [2.05, 4.69) is 0 Å². The monoisotopic (exact) mass is 308 g/mol. The average molecular weight is 308 g/mol. The summed E-state index contributed by atoms with van der Waals surface area (Å²) >= 11 is 0. The molecule has 0 heterocycles. The largest absolute Gasteiger partial charge is 0.468 e. The molecule has 0 amide bonds. The molecular weight excluding hydrogens is 284 g/mol. The Morgan fingerprint density at radius 2 is 1.68 bits per heavy atom. The van der Waals surface area contributed by atoms with Crippen molar-refractivity contribution in [2.45, 2.75) is 46.5 Å². The fourth-order valence-electron chi connectivity index (χ4n) is 4.27. The first kappa shape index (κ1) is 16.7. The zero-order valence-electron chi connectivity index (χ0n) is 13.9. The zero-order valence-corrected chi connectivity index (χ0v) is 13.9. The van der Waals surface area contributed by atoms with Gasteiger partial charge < -0.3 is 9.47 Å². The smallest absolute Gasteiger partial charge is 0.324 e. The third-order valence-corrected chi connectivity index (χ3v) is 5.44. The molecule has 5 heteroatoms. The number of hydrogen-bond acceptors (Lipinski definition) is 5. The van der Waals surface area contributed by atoms with Crippen LogP contribution in [0.1, 0.15) is 46.5 Å². The van der Waals surface area contributed by atoms with Crippen LogP contribution >= 0.6 is 0 Å². The molecule has 0 aromatic carbocycles. The van der Waals surface area contributed by atoms with E-state index in [1.807, 2.05) is 6.92 Å². The van der Waals surface area contributed by atoms with Gasteiger partial charge in [0.15, 0.2) is 11.2 Å². The standard InChI is InChI=1S/C17H24O5/c1-10-9-12(18)13-11(10)7-6-8-17(14(19)21-4,15(20)22-5)16(13,2)3/h10H,6-9H2,1-5H3. The molecule has 5 nitrogen and oxygen atoms in total. The summed E-state index contributed by atoms with van der Waals surface area (Å²) in [5.74, 6) is -1.03. The number of esters is 2. The molecule has 0 aliphatic heterocycles. The fraction of sp³-hybridized carbons (Fsp3) is 0.706. The molecule has 0 N–H and O–H groups in total. The SMILES string of the molecule is COC(=O)C1(C(=O)OC)CCCC2=C(C(=O)CC2C)C1(C)C. The van der Waals surface area contributed by atoms with Crippen LogP contribution in [-0.2, 0) is 23.9 Å². The maximum atomic E-state index is 12.6. The van der Waals surface area contributed by atoms with Crippen molar-refractivity contribution in [2.75, 3.05) is 14.2 Å². The molecule has 0 fully saturated rings. The van der Waals surface area contributed by atoms with Crippen LogP contribution in [0.25, 0.3) is 0 Å². The normalized spacial score (nSPS) is 26.2. The Labute approximate surface area is 131 Å². The summed E-state index contributed by atoms with van der Waals surface area (Å²) in [4.78, 5) is 37.7. The van der Waals surface area contributed by atoms with E-state index >= 15 is 0 Å². The molecule has 22 heavy (non-hydrogen) atoms. The van der Waals surface area contributed by atoms with E-state index < -0.39 is 22.8 Å². The lowest BCUT2D eigenvalue weighted by Gasteiger charge is -2.41. The highest BCUT2D eigenvalue weighted by Gasteiger charge is 2.63. The van der Waals surface area contributed by atoms with E-state index in [4.69, 9.17) is 9.47 Å². The van der Waals surface area contributed by atoms with Gasteiger partial charge in [-0.15, -0.1) is 0 Å². The van der Waals surface area contributed by atoms with Crippen molar-refractivity contribution >= 4 is 17.7 Å². The lowest BCUT2D eigenvalue weighted by molar-refractivity contribution is -0.178. The number of hydrogen-bond donors (Lipinski definition) is 0. The number of carbonyl (C=O) groups is 3. The summed E-state index contributed by atoms with van der Waals surface area (Å²) < 4.78 is 9.89. The van der Waals surface area contributed by atoms with E-state index in [0.29, 0.717) is 24.8 Å². The van der Waals surface area contributed by atoms with Gasteiger partial charge in [-0.25, -0.2) is 0 Å². The third-order valence-electron chi connectivity index (χ3n) is 5.44. The molecule has 0 spiro atoms. The molecule has 122 valence electrons. The summed E-state index contributed by atoms with van der Waals surface area (Å²) in [5.41, 5.74) is -0.688. The Balaban J connectivity index is 2.71. The van der Waals surface area contributed by atoms with Crippen LogP contribution in [0.5, 0.6) is 0 Å². The minimum Gasteiger partial charge on any atom is -0.468 e. The number of Topliss-reactive ketones (excluding diaryl/α,β-unsaturated/α-hetero) is 1. The lowest BCUT2D eigenvalue weighted by atomic mass is 9.59. The number of rotatable bonds is 2. The van der Waals surface area contributed by atoms with E-state index in [0.717, 1.165) is 12.0 Å². The van der Waals surface area contributed by atoms with Crippen LogP contribution < -0.4 is 0 Å². The highest BCUT2D eigenvalue weighted by molar-refractivity contribution is 6.07. The first-order valence-electron chi connectivity index (χ1n) is 7.67. The minimum atomic E-state index is -1.46. The maximum absolute atomic E-state index is 12.6. The molecule has 0 aromatic heterocycles. The molecule has 0 radical (unpaired) electrons. The predicted molar refractivity (Wildman–Crippen MR) is 79.9 cm³/mol. The second-order valence-electron chi connectivity index (χ2n) is 6.80. The second kappa shape index (κ2) is 5.52. The first-order valence-corrected chi connectivity index (χ1v) is 7.67. The van der Waals surface area contributed by atoms with Crippen molar-refractivity contribution in [2.24, 2.45) is 16.7 Å². The van der Waals surface area contributed by atoms with Gasteiger partial charge in [-0.2, -0.15) is 0 Å². The summed E-state index contributed by atoms with van der Waals surface area (Å²) in [6.07, 6.45) is 2.17. The Kier molecular flexibility index (Phi) is 4.20. The highest BCUT2D eigenvalue weighted by atomic mass is 16.5. The third kappa shape index (κ3) is 2.02. The quantitative estimate of drug-likeness (QED) is 0.579. The van der Waals surface area contributed by atoms with Gasteiger partial charge >= 0.3 is 11.9 Å². The molecule has 0 aromatic rings. The van der Waals surface area contributed by atoms with Gasteiger partial charge in [0.2, 0.25) is 0 Å². The van der Waals surface area contributed by atoms with Crippen LogP contribution in [-0.4, -0.2) is 31.9 Å². The topological polar surface area (TPSA) is 69.7 Å². The lowest BCUT2D eigenvalue weighted by Crippen LogP contribution is -2.53. The zero-order chi connectivity index (χ0) is 16.7. The Morgan fingerprint density at radius 3 is 2.18 bits per heavy atom. The van der Waals surface area contributed by atoms with Gasteiger partial charge in [-0.3, -0.25) is 14.4 Å². The minimum absolute atomic E-state index is 0.0339. The molecular formula is C17H24O5. The summed E-state index contributed by atoms with van der Waals surface area (Å²) in [6, 6.07) is 0. The van der Waals surface area contributed by atoms with Crippen molar-refractivity contribution in [1.29, 1.82) is 0 Å². The van der Waals surface area contributed by atoms with Crippen LogP contribution in [0.3, 0.4) is 0 Å². The Morgan fingerprint density at radius 1 is 1.14 bits per heavy atom. The number of methoxy groups -OCH3 is 2. The number of ketones is 1. The van der Waals surface area contributed by atoms with Crippen molar-refractivity contribution in [1.82, 2.24) is 0 Å². The van der Waals surface area contributed by atoms with Crippen molar-refractivity contribution in [3.8, 4) is 0 Å². The van der Waals surface area contributed by atoms with Crippen LogP contribution in [0.4, 0.5) is 0 Å². The van der Waals surface area contributed by atoms with Crippen molar-refractivity contribution < 1.29 is 23.9 Å². The van der Waals surface area contributed by atoms with Crippen molar-refractivity contribution in [3.63, 3.8) is 0 Å². The van der Waals surface area contributed by atoms with Gasteiger partial charge in [-0.05, 0) is 25.2 Å². The Hall–Kier alpha value is -1.65. The summed E-state index contributed by atoms with van der Waals surface area (Å²) in [6.45, 7) is 5.61. The van der Waals surface area contributed by atoms with E-state index in [9.17, 15) is 14.4 Å². The summed E-state index contributed by atoms with van der Waals surface area (Å²) in [7, 11) is 2.53. The summed E-state index contributed by atoms with van der Waals surface area (Å²) in [5, 5.41) is 0. The second-order valence-corrected chi connectivity index (χ2v) is 6.80. The van der Waals surface area contributed by atoms with Crippen LogP contribution in [0.2, 0.25) is 0 Å². The first-order chi connectivity index (χ1) is 10.2. The van der Waals surface area contributed by atoms with E-state index in [1.165, 1.54) is 14.2 Å². The molecule has 2 aliphatic rings. The van der Waals surface area contributed by atoms with Gasteiger partial charge in [-0.1, -0.05) is 26.3 Å². The van der Waals surface area contributed by atoms with Crippen LogP contribution in [0.15, 0.2) is 11.1 Å². The molecule has 0 saturated carbocycles. The molecule has 2 rings (SSSR count). The van der Waals surface area contributed by atoms with Gasteiger partial charge in [0.1, 0.15) is 0 Å². The molecule has 2 aliphatic carbocycles. The fourth-order valence-corrected chi connectivity index (χ4v) is 4.27. The number of carbonyl (C=O) groups excluding carboxylic acids is 3. The molecule has 1 unspecified atom stereocenters. The maximum Gasteiger partial charge on any atom is 0.324 e. The number of ether oxygens (including phenoxy) is 2. The average Bonchev–Trinajstić information content (AvgIpc) is 2.68.